The van der Waals surface area contributed by atoms with Crippen LogP contribution in [0.1, 0.15) is 43.9 Å². The van der Waals surface area contributed by atoms with Gasteiger partial charge in [0.1, 0.15) is 5.82 Å². The Hall–Kier alpha value is -2.15. The second kappa shape index (κ2) is 10.6. The van der Waals surface area contributed by atoms with E-state index in [1.165, 1.54) is 38.4 Å². The number of piperazine rings is 1. The fourth-order valence-electron chi connectivity index (χ4n) is 4.20. The third-order valence-electron chi connectivity index (χ3n) is 5.89. The van der Waals surface area contributed by atoms with Crippen LogP contribution in [0.4, 0.5) is 5.82 Å². The van der Waals surface area contributed by atoms with Crippen molar-refractivity contribution in [1.82, 2.24) is 19.8 Å². The van der Waals surface area contributed by atoms with Crippen LogP contribution in [0.2, 0.25) is 0 Å². The summed E-state index contributed by atoms with van der Waals surface area (Å²) in [5.74, 6) is 0.952. The highest BCUT2D eigenvalue weighted by atomic mass is 16.5. The summed E-state index contributed by atoms with van der Waals surface area (Å²) in [5, 5.41) is 0. The van der Waals surface area contributed by atoms with Crippen molar-refractivity contribution in [3.63, 3.8) is 0 Å². The molecule has 3 heterocycles. The number of aryl methyl sites for hydroxylation is 1. The lowest BCUT2D eigenvalue weighted by atomic mass is 10.1. The Morgan fingerprint density at radius 1 is 1.10 bits per heavy atom. The summed E-state index contributed by atoms with van der Waals surface area (Å²) in [7, 11) is 0. The molecule has 0 saturated carbocycles. The predicted octanol–water partition coefficient (Wildman–Crippen LogP) is 2.44. The first-order valence-corrected chi connectivity index (χ1v) is 11.0. The number of ether oxygens (including phenoxy) is 1. The summed E-state index contributed by atoms with van der Waals surface area (Å²) in [6.45, 7) is 14.8. The van der Waals surface area contributed by atoms with E-state index in [1.807, 2.05) is 11.8 Å². The van der Waals surface area contributed by atoms with E-state index in [0.29, 0.717) is 25.7 Å². The molecule has 7 nitrogen and oxygen atoms in total. The number of aromatic nitrogens is 2. The third kappa shape index (κ3) is 5.69. The number of nitrogens with zero attached hydrogens (tertiary/aromatic N) is 5. The number of carbonyl (C=O) groups excluding carboxylic acids is 1. The van der Waals surface area contributed by atoms with Crippen LogP contribution in [-0.4, -0.2) is 78.1 Å². The molecule has 0 bridgehead atoms. The Morgan fingerprint density at radius 2 is 1.83 bits per heavy atom. The summed E-state index contributed by atoms with van der Waals surface area (Å²) in [6.07, 6.45) is 7.26. The van der Waals surface area contributed by atoms with E-state index in [1.54, 1.807) is 0 Å². The number of hydrogen-bond donors (Lipinski definition) is 0. The molecule has 0 spiro atoms. The molecule has 3 rings (SSSR count). The molecular weight excluding hydrogens is 366 g/mol. The van der Waals surface area contributed by atoms with Crippen LogP contribution in [0.3, 0.4) is 0 Å². The molecule has 160 valence electrons. The number of piperidine rings is 1. The van der Waals surface area contributed by atoms with Gasteiger partial charge in [-0.2, -0.15) is 4.98 Å². The lowest BCUT2D eigenvalue weighted by molar-refractivity contribution is -0.126. The largest absolute Gasteiger partial charge is 0.463 e. The van der Waals surface area contributed by atoms with Gasteiger partial charge in [0.05, 0.1) is 6.61 Å². The maximum Gasteiger partial charge on any atom is 0.318 e. The van der Waals surface area contributed by atoms with Crippen molar-refractivity contribution < 1.29 is 9.53 Å². The highest BCUT2D eigenvalue weighted by molar-refractivity contribution is 5.87. The van der Waals surface area contributed by atoms with Crippen LogP contribution in [0.15, 0.2) is 12.7 Å². The van der Waals surface area contributed by atoms with Crippen LogP contribution in [0.25, 0.3) is 0 Å². The summed E-state index contributed by atoms with van der Waals surface area (Å²) >= 11 is 0. The summed E-state index contributed by atoms with van der Waals surface area (Å²) in [5.41, 5.74) is 2.14. The van der Waals surface area contributed by atoms with Gasteiger partial charge >= 0.3 is 6.01 Å². The quantitative estimate of drug-likeness (QED) is 0.493. The van der Waals surface area contributed by atoms with Gasteiger partial charge in [-0.1, -0.05) is 19.9 Å². The number of rotatable bonds is 8. The van der Waals surface area contributed by atoms with Crippen molar-refractivity contribution in [1.29, 1.82) is 0 Å². The van der Waals surface area contributed by atoms with E-state index >= 15 is 0 Å². The van der Waals surface area contributed by atoms with Gasteiger partial charge < -0.3 is 19.4 Å². The van der Waals surface area contributed by atoms with E-state index < -0.39 is 0 Å². The molecular formula is C22H35N5O2. The average molecular weight is 402 g/mol. The fourth-order valence-corrected chi connectivity index (χ4v) is 4.20. The molecule has 29 heavy (non-hydrogen) atoms. The zero-order valence-electron chi connectivity index (χ0n) is 18.0. The smallest absolute Gasteiger partial charge is 0.318 e. The minimum absolute atomic E-state index is 0.00281. The zero-order chi connectivity index (χ0) is 20.6. The second-order valence-electron chi connectivity index (χ2n) is 7.87. The number of carbonyl (C=O) groups is 1. The van der Waals surface area contributed by atoms with Gasteiger partial charge in [-0.05, 0) is 51.8 Å². The monoisotopic (exact) mass is 401 g/mol. The van der Waals surface area contributed by atoms with Gasteiger partial charge in [0, 0.05) is 44.0 Å². The molecule has 0 aromatic carbocycles. The summed E-state index contributed by atoms with van der Waals surface area (Å²) in [6, 6.07) is 0.470. The van der Waals surface area contributed by atoms with E-state index in [0.717, 1.165) is 49.6 Å². The average Bonchev–Trinajstić information content (AvgIpc) is 2.76. The Morgan fingerprint density at radius 3 is 2.48 bits per heavy atom. The third-order valence-corrected chi connectivity index (χ3v) is 5.89. The summed E-state index contributed by atoms with van der Waals surface area (Å²) < 4.78 is 5.93. The molecule has 2 aliphatic rings. The van der Waals surface area contributed by atoms with Crippen LogP contribution < -0.4 is 9.64 Å². The van der Waals surface area contributed by atoms with Crippen molar-refractivity contribution in [2.24, 2.45) is 0 Å². The van der Waals surface area contributed by atoms with E-state index in [-0.39, 0.29) is 5.91 Å². The molecule has 0 N–H and O–H groups in total. The minimum atomic E-state index is -0.00281. The Kier molecular flexibility index (Phi) is 7.86. The predicted molar refractivity (Wildman–Crippen MR) is 116 cm³/mol. The first-order valence-electron chi connectivity index (χ1n) is 11.0. The van der Waals surface area contributed by atoms with Crippen LogP contribution >= 0.6 is 0 Å². The maximum atomic E-state index is 11.8. The van der Waals surface area contributed by atoms with Gasteiger partial charge in [-0.15, -0.1) is 0 Å². The Labute approximate surface area is 174 Å². The molecule has 0 unspecified atom stereocenters. The molecule has 7 heteroatoms. The summed E-state index contributed by atoms with van der Waals surface area (Å²) in [4.78, 5) is 27.8. The highest BCUT2D eigenvalue weighted by Crippen LogP contribution is 2.25. The number of likely N-dealkylation sites (tertiary alicyclic amines) is 1. The van der Waals surface area contributed by atoms with E-state index in [2.05, 4.69) is 28.3 Å². The van der Waals surface area contributed by atoms with Crippen molar-refractivity contribution in [2.75, 3.05) is 57.3 Å². The van der Waals surface area contributed by atoms with Crippen molar-refractivity contribution in [2.45, 2.75) is 46.0 Å². The normalized spacial score (nSPS) is 18.0. The van der Waals surface area contributed by atoms with Gasteiger partial charge in [-0.3, -0.25) is 4.79 Å². The number of anilines is 1. The van der Waals surface area contributed by atoms with Crippen LogP contribution in [0.5, 0.6) is 6.01 Å². The lowest BCUT2D eigenvalue weighted by Gasteiger charge is -2.36. The number of amides is 1. The zero-order valence-corrected chi connectivity index (χ0v) is 18.0. The molecule has 1 aromatic heterocycles. The van der Waals surface area contributed by atoms with Gasteiger partial charge in [-0.25, -0.2) is 4.98 Å². The SMILES string of the molecule is C=CC(=O)N1CCN(c2nc(OCCCN3CCCCC3)nc(C)c2CC)CC1. The standard InChI is InChI=1S/C22H35N5O2/c1-4-19-18(3)23-22(29-17-9-12-25-10-7-6-8-11-25)24-21(19)27-15-13-26(14-16-27)20(28)5-2/h5H,2,4,6-17H2,1,3H3. The van der Waals surface area contributed by atoms with E-state index in [9.17, 15) is 4.79 Å². The van der Waals surface area contributed by atoms with Gasteiger partial charge in [0.25, 0.3) is 0 Å². The molecule has 0 aliphatic carbocycles. The lowest BCUT2D eigenvalue weighted by Crippen LogP contribution is -2.48. The van der Waals surface area contributed by atoms with Crippen molar-refractivity contribution in [3.8, 4) is 6.01 Å². The molecule has 1 aromatic rings. The second-order valence-corrected chi connectivity index (χ2v) is 7.87. The Bertz CT molecular complexity index is 695. The molecule has 0 atom stereocenters. The van der Waals surface area contributed by atoms with Crippen LogP contribution in [0, 0.1) is 6.92 Å². The molecule has 2 aliphatic heterocycles. The first kappa shape index (κ1) is 21.6. The van der Waals surface area contributed by atoms with Crippen molar-refractivity contribution in [3.05, 3.63) is 23.9 Å². The molecule has 2 saturated heterocycles. The maximum absolute atomic E-state index is 11.8. The van der Waals surface area contributed by atoms with E-state index in [4.69, 9.17) is 9.72 Å². The van der Waals surface area contributed by atoms with Gasteiger partial charge in [0.2, 0.25) is 5.91 Å². The minimum Gasteiger partial charge on any atom is -0.463 e. The topological polar surface area (TPSA) is 61.8 Å². The Balaban J connectivity index is 1.59. The van der Waals surface area contributed by atoms with Crippen LogP contribution in [-0.2, 0) is 11.2 Å². The van der Waals surface area contributed by atoms with Gasteiger partial charge in [0.15, 0.2) is 0 Å². The molecule has 0 radical (unpaired) electrons. The fraction of sp³-hybridized carbons (Fsp3) is 0.682. The molecule has 1 amide bonds. The first-order chi connectivity index (χ1) is 14.1. The number of hydrogen-bond acceptors (Lipinski definition) is 6. The van der Waals surface area contributed by atoms with Crippen molar-refractivity contribution >= 4 is 11.7 Å². The highest BCUT2D eigenvalue weighted by Gasteiger charge is 2.24. The molecule has 2 fully saturated rings.